The Morgan fingerprint density at radius 2 is 2.16 bits per heavy atom. The van der Waals surface area contributed by atoms with E-state index in [2.05, 4.69) is 39.9 Å². The van der Waals surface area contributed by atoms with Crippen molar-refractivity contribution in [3.63, 3.8) is 0 Å². The van der Waals surface area contributed by atoms with Crippen LogP contribution in [-0.2, 0) is 11.3 Å². The van der Waals surface area contributed by atoms with Crippen LogP contribution in [0.4, 0.5) is 0 Å². The minimum absolute atomic E-state index is 0.0442. The van der Waals surface area contributed by atoms with Gasteiger partial charge in [-0.15, -0.1) is 0 Å². The lowest BCUT2D eigenvalue weighted by atomic mass is 10.0. The smallest absolute Gasteiger partial charge is 0.239 e. The first kappa shape index (κ1) is 14.5. The summed E-state index contributed by atoms with van der Waals surface area (Å²) in [6, 6.07) is 8.37. The Hall–Kier alpha value is -0.870. The molecule has 4 heteroatoms. The van der Waals surface area contributed by atoms with E-state index in [1.807, 2.05) is 24.1 Å². The lowest BCUT2D eigenvalue weighted by Crippen LogP contribution is -2.55. The van der Waals surface area contributed by atoms with E-state index in [0.29, 0.717) is 0 Å². The quantitative estimate of drug-likeness (QED) is 0.850. The molecule has 1 amide bonds. The fourth-order valence-electron chi connectivity index (χ4n) is 2.59. The molecule has 1 atom stereocenters. The van der Waals surface area contributed by atoms with E-state index in [0.717, 1.165) is 36.9 Å². The highest BCUT2D eigenvalue weighted by atomic mass is 79.9. The molecule has 1 saturated heterocycles. The summed E-state index contributed by atoms with van der Waals surface area (Å²) in [5.41, 5.74) is 1.26. The number of benzene rings is 1. The normalized spacial score (nSPS) is 20.9. The highest BCUT2D eigenvalue weighted by Crippen LogP contribution is 2.20. The topological polar surface area (TPSA) is 23.6 Å². The van der Waals surface area contributed by atoms with Crippen LogP contribution in [0.2, 0.25) is 0 Å². The van der Waals surface area contributed by atoms with Crippen molar-refractivity contribution >= 4 is 21.8 Å². The van der Waals surface area contributed by atoms with Crippen molar-refractivity contribution in [2.45, 2.75) is 32.4 Å². The van der Waals surface area contributed by atoms with Crippen LogP contribution in [-0.4, -0.2) is 41.9 Å². The summed E-state index contributed by atoms with van der Waals surface area (Å²) in [6.07, 6.45) is 1.98. The van der Waals surface area contributed by atoms with Crippen LogP contribution < -0.4 is 0 Å². The molecule has 0 N–H and O–H groups in total. The van der Waals surface area contributed by atoms with Crippen LogP contribution in [0, 0.1) is 0 Å². The van der Waals surface area contributed by atoms with Gasteiger partial charge in [0, 0.05) is 31.2 Å². The number of hydrogen-bond donors (Lipinski definition) is 0. The van der Waals surface area contributed by atoms with Gasteiger partial charge in [-0.1, -0.05) is 41.4 Å². The number of carbonyl (C=O) groups excluding carboxylic acids is 1. The Labute approximate surface area is 123 Å². The number of amides is 1. The van der Waals surface area contributed by atoms with Gasteiger partial charge in [0.25, 0.3) is 0 Å². The molecule has 0 aliphatic carbocycles. The molecular formula is C15H21BrN2O. The van der Waals surface area contributed by atoms with Gasteiger partial charge >= 0.3 is 0 Å². The van der Waals surface area contributed by atoms with E-state index in [-0.39, 0.29) is 11.9 Å². The molecule has 2 rings (SSSR count). The molecule has 19 heavy (non-hydrogen) atoms. The molecule has 0 spiro atoms. The zero-order valence-electron chi connectivity index (χ0n) is 11.6. The van der Waals surface area contributed by atoms with Crippen LogP contribution in [0.25, 0.3) is 0 Å². The first-order valence-corrected chi connectivity index (χ1v) is 7.64. The molecule has 1 heterocycles. The predicted octanol–water partition coefficient (Wildman–Crippen LogP) is 2.89. The molecule has 0 bridgehead atoms. The van der Waals surface area contributed by atoms with E-state index < -0.39 is 0 Å². The number of piperazine rings is 1. The van der Waals surface area contributed by atoms with Gasteiger partial charge in [0.05, 0.1) is 6.04 Å². The minimum Gasteiger partial charge on any atom is -0.343 e. The Morgan fingerprint density at radius 1 is 1.37 bits per heavy atom. The summed E-state index contributed by atoms with van der Waals surface area (Å²) in [4.78, 5) is 16.4. The Kier molecular flexibility index (Phi) is 4.99. The molecule has 104 valence electrons. The summed E-state index contributed by atoms with van der Waals surface area (Å²) in [5, 5.41) is 0. The number of likely N-dealkylation sites (N-methyl/N-ethyl adjacent to an activating group) is 1. The molecule has 0 saturated carbocycles. The average Bonchev–Trinajstić information content (AvgIpc) is 2.38. The average molecular weight is 325 g/mol. The second-order valence-electron chi connectivity index (χ2n) is 5.16. The summed E-state index contributed by atoms with van der Waals surface area (Å²) in [5.74, 6) is 0.267. The second-order valence-corrected chi connectivity index (χ2v) is 6.08. The highest BCUT2D eigenvalue weighted by Gasteiger charge is 2.31. The first-order valence-electron chi connectivity index (χ1n) is 6.85. The van der Waals surface area contributed by atoms with Gasteiger partial charge in [0.1, 0.15) is 0 Å². The van der Waals surface area contributed by atoms with Gasteiger partial charge in [-0.25, -0.2) is 0 Å². The Morgan fingerprint density at radius 3 is 2.84 bits per heavy atom. The van der Waals surface area contributed by atoms with Crippen LogP contribution in [0.3, 0.4) is 0 Å². The van der Waals surface area contributed by atoms with Crippen LogP contribution in [0.15, 0.2) is 28.7 Å². The number of carbonyl (C=O) groups is 1. The molecule has 3 nitrogen and oxygen atoms in total. The molecule has 1 aliphatic rings. The first-order chi connectivity index (χ1) is 9.11. The number of hydrogen-bond acceptors (Lipinski definition) is 2. The van der Waals surface area contributed by atoms with Gasteiger partial charge in [0.15, 0.2) is 0 Å². The van der Waals surface area contributed by atoms with Gasteiger partial charge in [-0.05, 0) is 24.1 Å². The fourth-order valence-corrected chi connectivity index (χ4v) is 3.04. The van der Waals surface area contributed by atoms with Gasteiger partial charge in [0.2, 0.25) is 5.91 Å². The molecule has 1 unspecified atom stereocenters. The van der Waals surface area contributed by atoms with Crippen LogP contribution >= 0.6 is 15.9 Å². The number of nitrogens with zero attached hydrogens (tertiary/aromatic N) is 2. The number of halogens is 1. The van der Waals surface area contributed by atoms with E-state index in [1.165, 1.54) is 5.56 Å². The Balaban J connectivity index is 2.11. The third-order valence-electron chi connectivity index (χ3n) is 3.66. The summed E-state index contributed by atoms with van der Waals surface area (Å²) < 4.78 is 1.09. The third-order valence-corrected chi connectivity index (χ3v) is 4.15. The lowest BCUT2D eigenvalue weighted by molar-refractivity contribution is -0.140. The van der Waals surface area contributed by atoms with Crippen molar-refractivity contribution in [2.24, 2.45) is 0 Å². The lowest BCUT2D eigenvalue weighted by Gasteiger charge is -2.39. The van der Waals surface area contributed by atoms with Crippen molar-refractivity contribution < 1.29 is 4.79 Å². The maximum absolute atomic E-state index is 12.3. The molecule has 1 fully saturated rings. The van der Waals surface area contributed by atoms with Crippen molar-refractivity contribution in [1.29, 1.82) is 0 Å². The van der Waals surface area contributed by atoms with Crippen LogP contribution in [0.1, 0.15) is 25.3 Å². The molecule has 0 aromatic heterocycles. The van der Waals surface area contributed by atoms with Crippen molar-refractivity contribution in [3.8, 4) is 0 Å². The minimum atomic E-state index is 0.0442. The Bertz CT molecular complexity index is 450. The van der Waals surface area contributed by atoms with Crippen LogP contribution in [0.5, 0.6) is 0 Å². The zero-order valence-corrected chi connectivity index (χ0v) is 13.2. The van der Waals surface area contributed by atoms with E-state index in [4.69, 9.17) is 0 Å². The van der Waals surface area contributed by atoms with Gasteiger partial charge in [-0.2, -0.15) is 0 Å². The number of rotatable bonds is 4. The largest absolute Gasteiger partial charge is 0.343 e. The van der Waals surface area contributed by atoms with E-state index in [9.17, 15) is 4.79 Å². The summed E-state index contributed by atoms with van der Waals surface area (Å²) in [6.45, 7) is 4.77. The third kappa shape index (κ3) is 3.57. The van der Waals surface area contributed by atoms with E-state index in [1.54, 1.807) is 0 Å². The molecule has 0 radical (unpaired) electrons. The maximum atomic E-state index is 12.3. The fraction of sp³-hybridized carbons (Fsp3) is 0.533. The van der Waals surface area contributed by atoms with Crippen molar-refractivity contribution in [2.75, 3.05) is 20.1 Å². The van der Waals surface area contributed by atoms with Gasteiger partial charge < -0.3 is 4.90 Å². The summed E-state index contributed by atoms with van der Waals surface area (Å²) >= 11 is 3.50. The maximum Gasteiger partial charge on any atom is 0.239 e. The predicted molar refractivity (Wildman–Crippen MR) is 80.9 cm³/mol. The SMILES string of the molecule is CCCC1C(=O)N(C)CCN1Cc1cccc(Br)c1. The molecule has 1 aromatic rings. The molecular weight excluding hydrogens is 304 g/mol. The van der Waals surface area contributed by atoms with Crippen molar-refractivity contribution in [1.82, 2.24) is 9.80 Å². The second kappa shape index (κ2) is 6.53. The molecule has 1 aliphatic heterocycles. The monoisotopic (exact) mass is 324 g/mol. The van der Waals surface area contributed by atoms with Gasteiger partial charge in [-0.3, -0.25) is 9.69 Å². The molecule has 1 aromatic carbocycles. The van der Waals surface area contributed by atoms with Crippen molar-refractivity contribution in [3.05, 3.63) is 34.3 Å². The summed E-state index contributed by atoms with van der Waals surface area (Å²) in [7, 11) is 1.90. The zero-order chi connectivity index (χ0) is 13.8. The van der Waals surface area contributed by atoms with E-state index >= 15 is 0 Å². The highest BCUT2D eigenvalue weighted by molar-refractivity contribution is 9.10. The standard InChI is InChI=1S/C15H21BrN2O/c1-3-5-14-15(19)17(2)8-9-18(14)11-12-6-4-7-13(16)10-12/h4,6-7,10,14H,3,5,8-9,11H2,1-2H3.